The minimum atomic E-state index is -1.18. The third-order valence-electron chi connectivity index (χ3n) is 2.60. The van der Waals surface area contributed by atoms with Crippen molar-refractivity contribution in [3.63, 3.8) is 0 Å². The van der Waals surface area contributed by atoms with Crippen molar-refractivity contribution in [3.8, 4) is 0 Å². The maximum atomic E-state index is 11.6. The minimum Gasteiger partial charge on any atom is -0.480 e. The van der Waals surface area contributed by atoms with E-state index in [-0.39, 0.29) is 13.2 Å². The molecule has 0 saturated heterocycles. The zero-order valence-corrected chi connectivity index (χ0v) is 13.6. The van der Waals surface area contributed by atoms with E-state index in [4.69, 9.17) is 14.6 Å². The fourth-order valence-corrected chi connectivity index (χ4v) is 1.63. The van der Waals surface area contributed by atoms with E-state index in [2.05, 4.69) is 5.32 Å². The lowest BCUT2D eigenvalue weighted by Gasteiger charge is -2.21. The number of carboxylic acid groups (broad SMARTS) is 1. The number of hydrogen-bond acceptors (Lipinski definition) is 4. The quantitative estimate of drug-likeness (QED) is 0.754. The van der Waals surface area contributed by atoms with Crippen LogP contribution in [0.15, 0.2) is 36.4 Å². The largest absolute Gasteiger partial charge is 0.480 e. The lowest BCUT2D eigenvalue weighted by atomic mass is 10.2. The number of carbonyl (C=O) groups is 2. The molecular formula is C17H23NO5. The van der Waals surface area contributed by atoms with Crippen molar-refractivity contribution in [2.75, 3.05) is 13.2 Å². The van der Waals surface area contributed by atoms with Gasteiger partial charge in [0.05, 0.1) is 13.2 Å². The van der Waals surface area contributed by atoms with Gasteiger partial charge in [0.25, 0.3) is 0 Å². The summed E-state index contributed by atoms with van der Waals surface area (Å²) in [5.74, 6) is -1.18. The number of amides is 1. The van der Waals surface area contributed by atoms with Gasteiger partial charge in [0.1, 0.15) is 5.60 Å². The van der Waals surface area contributed by atoms with Crippen molar-refractivity contribution >= 4 is 18.1 Å². The van der Waals surface area contributed by atoms with E-state index in [1.807, 2.05) is 36.4 Å². The number of carboxylic acids is 1. The molecule has 0 bridgehead atoms. The molecule has 0 radical (unpaired) electrons. The molecule has 1 aromatic carbocycles. The Hall–Kier alpha value is -2.34. The van der Waals surface area contributed by atoms with Crippen LogP contribution in [0.1, 0.15) is 26.3 Å². The highest BCUT2D eigenvalue weighted by Crippen LogP contribution is 2.07. The Kier molecular flexibility index (Phi) is 7.28. The average Bonchev–Trinajstić information content (AvgIpc) is 2.44. The molecule has 1 aromatic rings. The van der Waals surface area contributed by atoms with Crippen molar-refractivity contribution in [1.29, 1.82) is 0 Å². The number of hydrogen-bond donors (Lipinski definition) is 2. The van der Waals surface area contributed by atoms with Crippen LogP contribution in [0.2, 0.25) is 0 Å². The molecule has 0 fully saturated rings. The lowest BCUT2D eigenvalue weighted by molar-refractivity contribution is -0.141. The first-order valence-electron chi connectivity index (χ1n) is 7.29. The monoisotopic (exact) mass is 321 g/mol. The number of benzene rings is 1. The van der Waals surface area contributed by atoms with Crippen LogP contribution in [0.5, 0.6) is 0 Å². The van der Waals surface area contributed by atoms with E-state index in [9.17, 15) is 9.59 Å². The fourth-order valence-electron chi connectivity index (χ4n) is 1.63. The first kappa shape index (κ1) is 18.7. The van der Waals surface area contributed by atoms with Gasteiger partial charge < -0.3 is 19.9 Å². The third kappa shape index (κ3) is 8.63. The summed E-state index contributed by atoms with van der Waals surface area (Å²) in [6, 6.07) is 8.50. The number of alkyl carbamates (subject to hydrolysis) is 1. The Balaban J connectivity index is 2.37. The molecule has 2 N–H and O–H groups in total. The number of aliphatic carboxylic acids is 1. The normalized spacial score (nSPS) is 12.8. The second kappa shape index (κ2) is 8.95. The Morgan fingerprint density at radius 2 is 1.91 bits per heavy atom. The standard InChI is InChI=1S/C17H23NO5/c1-17(2,3)23-16(21)18-14(15(19)20)12-22-11-7-10-13-8-5-4-6-9-13/h4-10,14H,11-12H2,1-3H3,(H,18,21)(H,19,20). The first-order valence-corrected chi connectivity index (χ1v) is 7.29. The zero-order chi connectivity index (χ0) is 17.3. The molecule has 0 aliphatic heterocycles. The molecule has 0 spiro atoms. The summed E-state index contributed by atoms with van der Waals surface area (Å²) < 4.78 is 10.3. The molecule has 1 atom stereocenters. The number of nitrogens with one attached hydrogen (secondary N) is 1. The van der Waals surface area contributed by atoms with Crippen LogP contribution >= 0.6 is 0 Å². The molecule has 1 unspecified atom stereocenters. The van der Waals surface area contributed by atoms with Gasteiger partial charge in [-0.15, -0.1) is 0 Å². The van der Waals surface area contributed by atoms with Gasteiger partial charge in [0.2, 0.25) is 0 Å². The molecule has 126 valence electrons. The Labute approximate surface area is 136 Å². The second-order valence-corrected chi connectivity index (χ2v) is 5.89. The van der Waals surface area contributed by atoms with Gasteiger partial charge >= 0.3 is 12.1 Å². The van der Waals surface area contributed by atoms with Crippen molar-refractivity contribution in [2.45, 2.75) is 32.4 Å². The van der Waals surface area contributed by atoms with Crippen LogP contribution < -0.4 is 5.32 Å². The molecule has 6 nitrogen and oxygen atoms in total. The van der Waals surface area contributed by atoms with Gasteiger partial charge in [-0.2, -0.15) is 0 Å². The Bertz CT molecular complexity index is 534. The predicted molar refractivity (Wildman–Crippen MR) is 87.1 cm³/mol. The number of ether oxygens (including phenoxy) is 2. The molecule has 1 amide bonds. The summed E-state index contributed by atoms with van der Waals surface area (Å²) >= 11 is 0. The second-order valence-electron chi connectivity index (χ2n) is 5.89. The van der Waals surface area contributed by atoms with Crippen molar-refractivity contribution in [2.24, 2.45) is 0 Å². The van der Waals surface area contributed by atoms with E-state index in [1.54, 1.807) is 26.8 Å². The van der Waals surface area contributed by atoms with Gasteiger partial charge in [-0.05, 0) is 26.3 Å². The molecule has 0 saturated carbocycles. The first-order chi connectivity index (χ1) is 10.8. The molecule has 23 heavy (non-hydrogen) atoms. The van der Waals surface area contributed by atoms with Gasteiger partial charge in [-0.3, -0.25) is 0 Å². The average molecular weight is 321 g/mol. The minimum absolute atomic E-state index is 0.145. The van der Waals surface area contributed by atoms with Crippen molar-refractivity contribution in [1.82, 2.24) is 5.32 Å². The number of rotatable bonds is 7. The highest BCUT2D eigenvalue weighted by Gasteiger charge is 2.23. The summed E-state index contributed by atoms with van der Waals surface area (Å²) in [5.41, 5.74) is 0.338. The lowest BCUT2D eigenvalue weighted by Crippen LogP contribution is -2.46. The van der Waals surface area contributed by atoms with E-state index in [0.29, 0.717) is 0 Å². The van der Waals surface area contributed by atoms with Crippen LogP contribution in [0, 0.1) is 0 Å². The highest BCUT2D eigenvalue weighted by atomic mass is 16.6. The topological polar surface area (TPSA) is 84.9 Å². The van der Waals surface area contributed by atoms with E-state index in [1.165, 1.54) is 0 Å². The smallest absolute Gasteiger partial charge is 0.408 e. The molecule has 0 aliphatic rings. The molecule has 0 heterocycles. The van der Waals surface area contributed by atoms with Crippen LogP contribution in [-0.4, -0.2) is 42.0 Å². The third-order valence-corrected chi connectivity index (χ3v) is 2.60. The van der Waals surface area contributed by atoms with Crippen LogP contribution in [0.25, 0.3) is 6.08 Å². The van der Waals surface area contributed by atoms with Crippen molar-refractivity contribution in [3.05, 3.63) is 42.0 Å². The molecule has 0 aromatic heterocycles. The van der Waals surface area contributed by atoms with E-state index >= 15 is 0 Å². The summed E-state index contributed by atoms with van der Waals surface area (Å²) in [6.07, 6.45) is 2.87. The van der Waals surface area contributed by atoms with Gasteiger partial charge in [0.15, 0.2) is 6.04 Å². The van der Waals surface area contributed by atoms with Crippen LogP contribution in [0.3, 0.4) is 0 Å². The molecular weight excluding hydrogens is 298 g/mol. The Morgan fingerprint density at radius 3 is 2.48 bits per heavy atom. The van der Waals surface area contributed by atoms with Crippen molar-refractivity contribution < 1.29 is 24.2 Å². The summed E-state index contributed by atoms with van der Waals surface area (Å²) in [7, 11) is 0. The van der Waals surface area contributed by atoms with E-state index in [0.717, 1.165) is 5.56 Å². The van der Waals surface area contributed by atoms with E-state index < -0.39 is 23.7 Å². The summed E-state index contributed by atoms with van der Waals surface area (Å²) in [5, 5.41) is 11.4. The summed E-state index contributed by atoms with van der Waals surface area (Å²) in [4.78, 5) is 22.7. The molecule has 0 aliphatic carbocycles. The van der Waals surface area contributed by atoms with Crippen LogP contribution in [-0.2, 0) is 14.3 Å². The molecule has 6 heteroatoms. The van der Waals surface area contributed by atoms with Gasteiger partial charge in [-0.25, -0.2) is 9.59 Å². The summed E-state index contributed by atoms with van der Waals surface area (Å²) in [6.45, 7) is 5.20. The van der Waals surface area contributed by atoms with Gasteiger partial charge in [-0.1, -0.05) is 42.5 Å². The SMILES string of the molecule is CC(C)(C)OC(=O)NC(COCC=Cc1ccccc1)C(=O)O. The van der Waals surface area contributed by atoms with Crippen LogP contribution in [0.4, 0.5) is 4.79 Å². The highest BCUT2D eigenvalue weighted by molar-refractivity contribution is 5.80. The maximum Gasteiger partial charge on any atom is 0.408 e. The van der Waals surface area contributed by atoms with Gasteiger partial charge in [0, 0.05) is 0 Å². The number of carbonyl (C=O) groups excluding carboxylic acids is 1. The maximum absolute atomic E-state index is 11.6. The Morgan fingerprint density at radius 1 is 1.26 bits per heavy atom. The fraction of sp³-hybridized carbons (Fsp3) is 0.412. The molecule has 1 rings (SSSR count). The predicted octanol–water partition coefficient (Wildman–Crippen LogP) is 2.69. The zero-order valence-electron chi connectivity index (χ0n) is 13.6.